The van der Waals surface area contributed by atoms with E-state index in [1.807, 2.05) is 0 Å². The van der Waals surface area contributed by atoms with Crippen molar-refractivity contribution in [2.24, 2.45) is 0 Å². The average Bonchev–Trinajstić information content (AvgIpc) is 2.04. The summed E-state index contributed by atoms with van der Waals surface area (Å²) >= 11 is 0. The van der Waals surface area contributed by atoms with Gasteiger partial charge in [0.25, 0.3) is 0 Å². The highest BCUT2D eigenvalue weighted by Crippen LogP contribution is 1.87. The summed E-state index contributed by atoms with van der Waals surface area (Å²) in [6, 6.07) is 0. The van der Waals surface area contributed by atoms with E-state index in [0.29, 0.717) is 13.0 Å². The quantitative estimate of drug-likeness (QED) is 0.259. The highest BCUT2D eigenvalue weighted by atomic mass is 17.2. The molecule has 0 heterocycles. The molecule has 0 rings (SSSR count). The first-order valence-electron chi connectivity index (χ1n) is 3.17. The van der Waals surface area contributed by atoms with E-state index in [9.17, 15) is 4.79 Å². The van der Waals surface area contributed by atoms with E-state index >= 15 is 0 Å². The van der Waals surface area contributed by atoms with Crippen LogP contribution in [0.3, 0.4) is 0 Å². The normalized spacial score (nSPS) is 9.27. The molecule has 0 saturated heterocycles. The Labute approximate surface area is 65.1 Å². The molecule has 5 nitrogen and oxygen atoms in total. The van der Waals surface area contributed by atoms with E-state index < -0.39 is 6.16 Å². The Morgan fingerprint density at radius 1 is 1.27 bits per heavy atom. The first-order chi connectivity index (χ1) is 5.31. The number of ether oxygens (including phenoxy) is 2. The topological polar surface area (TPSA) is 54.0 Å². The smallest absolute Gasteiger partial charge is 0.438 e. The Bertz CT molecular complexity index is 103. The summed E-state index contributed by atoms with van der Waals surface area (Å²) in [4.78, 5) is 19.1. The number of methoxy groups -OCH3 is 1. The molecule has 0 saturated carbocycles. The highest BCUT2D eigenvalue weighted by Gasteiger charge is 1.98. The fourth-order valence-electron chi connectivity index (χ4n) is 0.416. The predicted molar refractivity (Wildman–Crippen MR) is 35.9 cm³/mol. The molecule has 0 atom stereocenters. The van der Waals surface area contributed by atoms with Gasteiger partial charge in [-0.05, 0) is 0 Å². The summed E-state index contributed by atoms with van der Waals surface area (Å²) in [6.45, 7) is 0.670. The number of carbonyl (C=O) groups excluding carboxylic acids is 1. The first-order valence-corrected chi connectivity index (χ1v) is 3.17. The first kappa shape index (κ1) is 10.2. The van der Waals surface area contributed by atoms with Crippen molar-refractivity contribution in [3.05, 3.63) is 0 Å². The molecule has 0 aromatic carbocycles. The summed E-state index contributed by atoms with van der Waals surface area (Å²) in [7, 11) is 2.68. The second kappa shape index (κ2) is 7.30. The lowest BCUT2D eigenvalue weighted by Crippen LogP contribution is -2.07. The van der Waals surface area contributed by atoms with Gasteiger partial charge < -0.3 is 9.47 Å². The van der Waals surface area contributed by atoms with E-state index in [1.165, 1.54) is 14.2 Å². The molecular weight excluding hydrogens is 152 g/mol. The fourth-order valence-corrected chi connectivity index (χ4v) is 0.416. The van der Waals surface area contributed by atoms with Crippen LogP contribution in [0.2, 0.25) is 0 Å². The molecule has 0 bridgehead atoms. The maximum atomic E-state index is 10.3. The zero-order valence-electron chi connectivity index (χ0n) is 6.66. The third-order valence-corrected chi connectivity index (χ3v) is 0.876. The Balaban J connectivity index is 2.95. The SMILES string of the molecule is COOCCCOC(=O)OC. The minimum absolute atomic E-state index is 0.274. The number of hydrogen-bond acceptors (Lipinski definition) is 5. The van der Waals surface area contributed by atoms with Crippen LogP contribution in [0.4, 0.5) is 4.79 Å². The second-order valence-corrected chi connectivity index (χ2v) is 1.64. The lowest BCUT2D eigenvalue weighted by Gasteiger charge is -2.01. The van der Waals surface area contributed by atoms with Crippen LogP contribution < -0.4 is 0 Å². The van der Waals surface area contributed by atoms with Crippen molar-refractivity contribution in [3.63, 3.8) is 0 Å². The summed E-state index contributed by atoms with van der Waals surface area (Å²) in [5.41, 5.74) is 0. The maximum absolute atomic E-state index is 10.3. The monoisotopic (exact) mass is 164 g/mol. The zero-order valence-corrected chi connectivity index (χ0v) is 6.66. The average molecular weight is 164 g/mol. The fraction of sp³-hybridized carbons (Fsp3) is 0.833. The summed E-state index contributed by atoms with van der Waals surface area (Å²) in [6.07, 6.45) is -0.0921. The molecule has 66 valence electrons. The molecule has 0 aromatic heterocycles. The van der Waals surface area contributed by atoms with Crippen LogP contribution in [0.1, 0.15) is 6.42 Å². The van der Waals surface area contributed by atoms with Gasteiger partial charge >= 0.3 is 6.16 Å². The van der Waals surface area contributed by atoms with Crippen LogP contribution in [-0.4, -0.2) is 33.6 Å². The van der Waals surface area contributed by atoms with Crippen molar-refractivity contribution in [1.29, 1.82) is 0 Å². The van der Waals surface area contributed by atoms with Gasteiger partial charge in [-0.2, -0.15) is 0 Å². The van der Waals surface area contributed by atoms with Gasteiger partial charge in [-0.15, -0.1) is 0 Å². The third-order valence-electron chi connectivity index (χ3n) is 0.876. The van der Waals surface area contributed by atoms with Crippen molar-refractivity contribution in [2.45, 2.75) is 6.42 Å². The molecule has 0 aliphatic heterocycles. The second-order valence-electron chi connectivity index (χ2n) is 1.64. The Hall–Kier alpha value is -0.810. The maximum Gasteiger partial charge on any atom is 0.507 e. The van der Waals surface area contributed by atoms with Gasteiger partial charge in [0, 0.05) is 6.42 Å². The molecule has 0 spiro atoms. The molecule has 0 aliphatic rings. The van der Waals surface area contributed by atoms with E-state index in [1.54, 1.807) is 0 Å². The molecule has 0 fully saturated rings. The van der Waals surface area contributed by atoms with Crippen molar-refractivity contribution in [1.82, 2.24) is 0 Å². The molecule has 0 unspecified atom stereocenters. The van der Waals surface area contributed by atoms with E-state index in [0.717, 1.165) is 0 Å². The predicted octanol–water partition coefficient (Wildman–Crippen LogP) is 0.738. The van der Waals surface area contributed by atoms with Crippen molar-refractivity contribution >= 4 is 6.16 Å². The summed E-state index contributed by atoms with van der Waals surface area (Å²) in [5, 5.41) is 0. The van der Waals surface area contributed by atoms with Crippen LogP contribution in [0, 0.1) is 0 Å². The van der Waals surface area contributed by atoms with Crippen LogP contribution >= 0.6 is 0 Å². The van der Waals surface area contributed by atoms with Gasteiger partial charge in [-0.1, -0.05) is 0 Å². The van der Waals surface area contributed by atoms with E-state index in [2.05, 4.69) is 19.2 Å². The largest absolute Gasteiger partial charge is 0.507 e. The van der Waals surface area contributed by atoms with Gasteiger partial charge in [0.15, 0.2) is 0 Å². The van der Waals surface area contributed by atoms with Crippen LogP contribution in [-0.2, 0) is 19.2 Å². The summed E-state index contributed by atoms with van der Waals surface area (Å²) < 4.78 is 8.76. The zero-order chi connectivity index (χ0) is 8.53. The van der Waals surface area contributed by atoms with Gasteiger partial charge in [-0.25, -0.2) is 14.6 Å². The lowest BCUT2D eigenvalue weighted by atomic mass is 10.5. The summed E-state index contributed by atoms with van der Waals surface area (Å²) in [5.74, 6) is 0. The third kappa shape index (κ3) is 7.08. The van der Waals surface area contributed by atoms with E-state index in [4.69, 9.17) is 0 Å². The molecule has 0 aliphatic carbocycles. The lowest BCUT2D eigenvalue weighted by molar-refractivity contribution is -0.273. The molecule has 0 N–H and O–H groups in total. The standard InChI is InChI=1S/C6H12O5/c1-8-6(7)10-4-3-5-11-9-2/h3-5H2,1-2H3. The van der Waals surface area contributed by atoms with Gasteiger partial charge in [0.2, 0.25) is 0 Å². The van der Waals surface area contributed by atoms with Gasteiger partial charge in [0.1, 0.15) is 0 Å². The molecular formula is C6H12O5. The number of hydrogen-bond donors (Lipinski definition) is 0. The van der Waals surface area contributed by atoms with Crippen LogP contribution in [0.5, 0.6) is 0 Å². The van der Waals surface area contributed by atoms with Gasteiger partial charge in [-0.3, -0.25) is 0 Å². The Kier molecular flexibility index (Phi) is 6.76. The van der Waals surface area contributed by atoms with Crippen molar-refractivity contribution in [2.75, 3.05) is 27.4 Å². The highest BCUT2D eigenvalue weighted by molar-refractivity contribution is 5.59. The molecule has 5 heteroatoms. The molecule has 0 amide bonds. The van der Waals surface area contributed by atoms with Crippen LogP contribution in [0.25, 0.3) is 0 Å². The van der Waals surface area contributed by atoms with E-state index in [-0.39, 0.29) is 6.61 Å². The van der Waals surface area contributed by atoms with Gasteiger partial charge in [0.05, 0.1) is 27.4 Å². The minimum Gasteiger partial charge on any atom is -0.438 e. The van der Waals surface area contributed by atoms with Crippen molar-refractivity contribution < 1.29 is 24.0 Å². The van der Waals surface area contributed by atoms with Crippen LogP contribution in [0.15, 0.2) is 0 Å². The number of rotatable bonds is 5. The Morgan fingerprint density at radius 3 is 2.55 bits per heavy atom. The minimum atomic E-state index is -0.678. The number of carbonyl (C=O) groups is 1. The molecule has 0 radical (unpaired) electrons. The molecule has 11 heavy (non-hydrogen) atoms. The Morgan fingerprint density at radius 2 is 2.00 bits per heavy atom. The molecule has 0 aromatic rings. The van der Waals surface area contributed by atoms with Crippen molar-refractivity contribution in [3.8, 4) is 0 Å².